The highest BCUT2D eigenvalue weighted by Gasteiger charge is 2.37. The van der Waals surface area contributed by atoms with Gasteiger partial charge in [-0.3, -0.25) is 9.79 Å². The number of hydrogen-bond acceptors (Lipinski definition) is 3. The number of amides is 1. The summed E-state index contributed by atoms with van der Waals surface area (Å²) in [5.41, 5.74) is 6.29. The van der Waals surface area contributed by atoms with Crippen molar-refractivity contribution in [1.82, 2.24) is 5.32 Å². The quantitative estimate of drug-likeness (QED) is 0.117. The van der Waals surface area contributed by atoms with Crippen LogP contribution in [0.5, 0.6) is 0 Å². The number of carbonyl (C=O) groups excluding carboxylic acids is 1. The molecule has 0 saturated heterocycles. The minimum absolute atomic E-state index is 0.223. The molecule has 1 unspecified atom stereocenters. The molecule has 228 valence electrons. The molecule has 1 aliphatic rings. The number of thioether (sulfide) groups is 1. The normalized spacial score (nSPS) is 15.8. The van der Waals surface area contributed by atoms with Gasteiger partial charge in [0.05, 0.1) is 6.04 Å². The number of aliphatic imine (C=N–C) groups is 1. The molecule has 0 heterocycles. The van der Waals surface area contributed by atoms with Crippen LogP contribution in [-0.2, 0) is 15.6 Å². The van der Waals surface area contributed by atoms with Crippen LogP contribution in [0, 0.1) is 0 Å². The van der Waals surface area contributed by atoms with Gasteiger partial charge in [0, 0.05) is 6.54 Å². The van der Waals surface area contributed by atoms with Gasteiger partial charge in [0.25, 0.3) is 0 Å². The molecule has 0 spiro atoms. The van der Waals surface area contributed by atoms with Crippen LogP contribution in [0.25, 0.3) is 0 Å². The van der Waals surface area contributed by atoms with Crippen LogP contribution in [0.4, 0.5) is 0 Å². The maximum atomic E-state index is 9.45. The van der Waals surface area contributed by atoms with E-state index in [1.54, 1.807) is 11.8 Å². The number of nitrogens with zero attached hydrogens (tertiary/aromatic N) is 1. The molecule has 2 rings (SSSR count). The Morgan fingerprint density at radius 2 is 1.70 bits per heavy atom. The van der Waals surface area contributed by atoms with Gasteiger partial charge < -0.3 is 5.32 Å². The molecule has 0 aliphatic heterocycles. The lowest BCUT2D eigenvalue weighted by Gasteiger charge is -2.42. The van der Waals surface area contributed by atoms with Crippen molar-refractivity contribution in [1.29, 1.82) is 0 Å². The predicted molar refractivity (Wildman–Crippen MR) is 185 cm³/mol. The Morgan fingerprint density at radius 3 is 2.20 bits per heavy atom. The van der Waals surface area contributed by atoms with Crippen molar-refractivity contribution in [2.24, 2.45) is 4.99 Å². The summed E-state index contributed by atoms with van der Waals surface area (Å²) in [6, 6.07) is 7.32. The summed E-state index contributed by atoms with van der Waals surface area (Å²) in [6.07, 6.45) is 23.2. The smallest absolute Gasteiger partial charge is 0.207 e. The Hall–Kier alpha value is -2.07. The minimum atomic E-state index is 0.223. The van der Waals surface area contributed by atoms with E-state index in [0.29, 0.717) is 6.41 Å². The van der Waals surface area contributed by atoms with Gasteiger partial charge in [0.2, 0.25) is 6.41 Å². The van der Waals surface area contributed by atoms with Crippen molar-refractivity contribution in [3.8, 4) is 0 Å². The van der Waals surface area contributed by atoms with Gasteiger partial charge in [-0.15, -0.1) is 0 Å². The van der Waals surface area contributed by atoms with Gasteiger partial charge in [-0.25, -0.2) is 0 Å². The molecule has 1 aliphatic carbocycles. The second kappa shape index (κ2) is 23.6. The molecule has 40 heavy (non-hydrogen) atoms. The average molecular weight is 571 g/mol. The summed E-state index contributed by atoms with van der Waals surface area (Å²) in [5, 5.41) is 2.52. The van der Waals surface area contributed by atoms with Crippen LogP contribution >= 0.6 is 11.8 Å². The number of fused-ring (bicyclic) bond motifs is 1. The molecule has 0 aromatic heterocycles. The van der Waals surface area contributed by atoms with Gasteiger partial charge >= 0.3 is 0 Å². The first kappa shape index (κ1) is 40.1. The highest BCUT2D eigenvalue weighted by atomic mass is 32.2. The highest BCUT2D eigenvalue weighted by Crippen LogP contribution is 2.46. The van der Waals surface area contributed by atoms with Crippen LogP contribution in [0.1, 0.15) is 130 Å². The Morgan fingerprint density at radius 1 is 1.10 bits per heavy atom. The number of rotatable bonds is 12. The summed E-state index contributed by atoms with van der Waals surface area (Å²) in [6.45, 7) is 24.4. The second-order valence-corrected chi connectivity index (χ2v) is 12.1. The van der Waals surface area contributed by atoms with Crippen LogP contribution in [0.15, 0.2) is 59.6 Å². The number of unbranched alkanes of at least 4 members (excludes halogenated alkanes) is 2. The molecule has 4 heteroatoms. The van der Waals surface area contributed by atoms with E-state index in [4.69, 9.17) is 4.99 Å². The van der Waals surface area contributed by atoms with Crippen LogP contribution < -0.4 is 5.32 Å². The van der Waals surface area contributed by atoms with Crippen molar-refractivity contribution >= 4 is 24.4 Å². The van der Waals surface area contributed by atoms with Crippen molar-refractivity contribution in [2.75, 3.05) is 19.1 Å². The van der Waals surface area contributed by atoms with Gasteiger partial charge in [0.1, 0.15) is 0 Å². The van der Waals surface area contributed by atoms with Gasteiger partial charge in [0.15, 0.2) is 0 Å². The number of nitrogens with one attached hydrogen (secondary N) is 1. The SMILES string of the molecule is C=C/C=C(\C=C/C)CCCCC=NC(C)c1ccc2c(c1)C(C)(C)CCC2(C)C.CC.CCCNC=O.CSC. The number of hydrogen-bond donors (Lipinski definition) is 1. The molecular weight excluding hydrogens is 508 g/mol. The van der Waals surface area contributed by atoms with Crippen LogP contribution in [0.3, 0.4) is 0 Å². The lowest BCUT2D eigenvalue weighted by atomic mass is 9.63. The summed E-state index contributed by atoms with van der Waals surface area (Å²) in [5.74, 6) is 0. The number of allylic oxidation sites excluding steroid dienone is 5. The van der Waals surface area contributed by atoms with E-state index in [9.17, 15) is 4.79 Å². The van der Waals surface area contributed by atoms with Gasteiger partial charge in [-0.2, -0.15) is 11.8 Å². The zero-order valence-corrected chi connectivity index (χ0v) is 28.7. The van der Waals surface area contributed by atoms with Crippen molar-refractivity contribution < 1.29 is 4.79 Å². The van der Waals surface area contributed by atoms with Crippen molar-refractivity contribution in [3.05, 3.63) is 71.3 Å². The van der Waals surface area contributed by atoms with E-state index >= 15 is 0 Å². The predicted octanol–water partition coefficient (Wildman–Crippen LogP) is 10.6. The fourth-order valence-corrected chi connectivity index (χ4v) is 4.54. The monoisotopic (exact) mass is 570 g/mol. The van der Waals surface area contributed by atoms with Crippen molar-refractivity contribution in [3.63, 3.8) is 0 Å². The molecule has 1 aromatic carbocycles. The fourth-order valence-electron chi connectivity index (χ4n) is 4.54. The van der Waals surface area contributed by atoms with E-state index in [1.807, 2.05) is 39.4 Å². The van der Waals surface area contributed by atoms with Crippen LogP contribution in [-0.4, -0.2) is 31.7 Å². The Bertz CT molecular complexity index is 896. The molecule has 1 amide bonds. The molecule has 1 N–H and O–H groups in total. The topological polar surface area (TPSA) is 41.5 Å². The minimum Gasteiger partial charge on any atom is -0.359 e. The molecule has 0 bridgehead atoms. The first-order valence-corrected chi connectivity index (χ1v) is 16.9. The third-order valence-corrected chi connectivity index (χ3v) is 6.93. The van der Waals surface area contributed by atoms with E-state index in [-0.39, 0.29) is 16.9 Å². The van der Waals surface area contributed by atoms with Crippen molar-refractivity contribution in [2.45, 2.75) is 124 Å². The Balaban J connectivity index is 0. The summed E-state index contributed by atoms with van der Waals surface area (Å²) in [7, 11) is 0. The van der Waals surface area contributed by atoms with E-state index in [2.05, 4.69) is 96.1 Å². The summed E-state index contributed by atoms with van der Waals surface area (Å²) in [4.78, 5) is 14.3. The fraction of sp³-hybridized carbons (Fsp3) is 0.611. The molecular formula is C36H62N2OS. The zero-order chi connectivity index (χ0) is 31.0. The molecule has 0 radical (unpaired) electrons. The van der Waals surface area contributed by atoms with Crippen LogP contribution in [0.2, 0.25) is 0 Å². The van der Waals surface area contributed by atoms with E-state index < -0.39 is 0 Å². The first-order valence-electron chi connectivity index (χ1n) is 15.2. The van der Waals surface area contributed by atoms with Gasteiger partial charge in [-0.05, 0) is 111 Å². The summed E-state index contributed by atoms with van der Waals surface area (Å²) >= 11 is 1.75. The molecule has 0 saturated carbocycles. The highest BCUT2D eigenvalue weighted by molar-refractivity contribution is 7.97. The molecule has 1 atom stereocenters. The molecule has 3 nitrogen and oxygen atoms in total. The lowest BCUT2D eigenvalue weighted by Crippen LogP contribution is -2.33. The largest absolute Gasteiger partial charge is 0.359 e. The summed E-state index contributed by atoms with van der Waals surface area (Å²) < 4.78 is 0. The Labute approximate surface area is 253 Å². The Kier molecular flexibility index (Phi) is 23.7. The van der Waals surface area contributed by atoms with Gasteiger partial charge in [-0.1, -0.05) is 97.5 Å². The maximum absolute atomic E-state index is 9.45. The zero-order valence-electron chi connectivity index (χ0n) is 27.9. The number of carbonyl (C=O) groups is 1. The number of benzene rings is 1. The van der Waals surface area contributed by atoms with E-state index in [1.165, 1.54) is 47.9 Å². The lowest BCUT2D eigenvalue weighted by molar-refractivity contribution is -0.109. The first-order chi connectivity index (χ1) is 19.0. The average Bonchev–Trinajstić information content (AvgIpc) is 2.94. The van der Waals surface area contributed by atoms with E-state index in [0.717, 1.165) is 25.8 Å². The third kappa shape index (κ3) is 16.3. The molecule has 1 aromatic rings. The second-order valence-electron chi connectivity index (χ2n) is 11.3. The molecule has 0 fully saturated rings. The standard InChI is InChI=1S/C28H41N.C4H9NO.C2H6S.C2H6/c1-8-13-23(14-9-2)15-11-10-12-20-29-22(3)24-16-17-25-26(21-24)28(6,7)19-18-27(25,4)5;1-2-3-5-4-6;1-3-2;1-2/h8-9,13-14,16-17,20-22H,1,10-12,15,18-19H2,2-7H3;4H,2-3H2,1H3,(H,5,6);1-2H3;1-2H3/b14-9-,23-13+,29-20?;;;. The third-order valence-electron chi connectivity index (χ3n) is 6.93. The maximum Gasteiger partial charge on any atom is 0.207 e.